The van der Waals surface area contributed by atoms with Crippen LogP contribution in [0.15, 0.2) is 42.5 Å². The summed E-state index contributed by atoms with van der Waals surface area (Å²) in [6.45, 7) is 0.831. The molecule has 2 amide bonds. The summed E-state index contributed by atoms with van der Waals surface area (Å²) in [5.41, 5.74) is 0.785. The molecule has 1 heterocycles. The summed E-state index contributed by atoms with van der Waals surface area (Å²) < 4.78 is 25.5. The summed E-state index contributed by atoms with van der Waals surface area (Å²) in [5.74, 6) is -0.778. The third kappa shape index (κ3) is 5.06. The molecule has 0 bridgehead atoms. The molecule has 10 heteroatoms. The van der Waals surface area contributed by atoms with Crippen molar-refractivity contribution in [1.82, 2.24) is 4.90 Å². The summed E-state index contributed by atoms with van der Waals surface area (Å²) >= 11 is 12.2. The molecular formula is C20H21Cl2N3O4S. The zero-order chi connectivity index (χ0) is 21.9. The van der Waals surface area contributed by atoms with Crippen molar-refractivity contribution in [2.75, 3.05) is 35.5 Å². The lowest BCUT2D eigenvalue weighted by Gasteiger charge is -2.24. The summed E-state index contributed by atoms with van der Waals surface area (Å²) in [7, 11) is -3.83. The number of sulfonamides is 1. The Balaban J connectivity index is 1.83. The van der Waals surface area contributed by atoms with Crippen molar-refractivity contribution in [3.63, 3.8) is 0 Å². The van der Waals surface area contributed by atoms with Crippen molar-refractivity contribution in [1.29, 1.82) is 0 Å². The number of nitrogens with zero attached hydrogens (tertiary/aromatic N) is 2. The van der Waals surface area contributed by atoms with Crippen molar-refractivity contribution >= 4 is 56.4 Å². The fourth-order valence-corrected chi connectivity index (χ4v) is 4.56. The van der Waals surface area contributed by atoms with Crippen LogP contribution in [0, 0.1) is 0 Å². The summed E-state index contributed by atoms with van der Waals surface area (Å²) in [4.78, 5) is 27.2. The highest BCUT2D eigenvalue weighted by atomic mass is 35.5. The first kappa shape index (κ1) is 22.4. The molecular weight excluding hydrogens is 449 g/mol. The van der Waals surface area contributed by atoms with Crippen LogP contribution in [0.3, 0.4) is 0 Å². The van der Waals surface area contributed by atoms with Crippen LogP contribution < -0.4 is 9.62 Å². The van der Waals surface area contributed by atoms with Crippen LogP contribution in [-0.4, -0.2) is 51.0 Å². The molecule has 1 N–H and O–H groups in total. The van der Waals surface area contributed by atoms with E-state index in [0.29, 0.717) is 24.3 Å². The van der Waals surface area contributed by atoms with Crippen LogP contribution in [0.5, 0.6) is 0 Å². The number of anilines is 2. The minimum Gasteiger partial charge on any atom is -0.339 e. The van der Waals surface area contributed by atoms with E-state index in [1.54, 1.807) is 35.2 Å². The van der Waals surface area contributed by atoms with Crippen LogP contribution in [0.1, 0.15) is 23.2 Å². The molecule has 30 heavy (non-hydrogen) atoms. The number of likely N-dealkylation sites (tertiary alicyclic amines) is 1. The first-order chi connectivity index (χ1) is 14.2. The normalized spacial score (nSPS) is 13.9. The zero-order valence-corrected chi connectivity index (χ0v) is 18.6. The molecule has 2 aromatic rings. The lowest BCUT2D eigenvalue weighted by atomic mass is 10.1. The average Bonchev–Trinajstić information content (AvgIpc) is 3.22. The molecule has 0 atom stereocenters. The fourth-order valence-electron chi connectivity index (χ4n) is 3.26. The Morgan fingerprint density at radius 1 is 1.07 bits per heavy atom. The molecule has 7 nitrogen and oxygen atoms in total. The standard InChI is InChI=1S/C20H21Cl2N3O4S/c1-30(28,29)25(17-10-6-8-15(21)19(17)22)13-18(26)23-16-9-3-2-7-14(16)20(27)24-11-4-5-12-24/h2-3,6-10H,4-5,11-13H2,1H3,(H,23,26). The molecule has 1 fully saturated rings. The predicted molar refractivity (Wildman–Crippen MR) is 119 cm³/mol. The minimum absolute atomic E-state index is 0.0296. The monoisotopic (exact) mass is 469 g/mol. The van der Waals surface area contributed by atoms with E-state index in [1.807, 2.05) is 0 Å². The topological polar surface area (TPSA) is 86.8 Å². The third-order valence-corrected chi connectivity index (χ3v) is 6.65. The summed E-state index contributed by atoms with van der Waals surface area (Å²) in [6, 6.07) is 11.2. The van der Waals surface area contributed by atoms with Gasteiger partial charge in [-0.1, -0.05) is 41.4 Å². The van der Waals surface area contributed by atoms with Gasteiger partial charge in [-0.05, 0) is 37.1 Å². The number of carbonyl (C=O) groups excluding carboxylic acids is 2. The van der Waals surface area contributed by atoms with Crippen molar-refractivity contribution in [3.05, 3.63) is 58.1 Å². The van der Waals surface area contributed by atoms with E-state index in [4.69, 9.17) is 23.2 Å². The van der Waals surface area contributed by atoms with Gasteiger partial charge in [0.25, 0.3) is 5.91 Å². The molecule has 0 aliphatic carbocycles. The van der Waals surface area contributed by atoms with Gasteiger partial charge in [-0.25, -0.2) is 8.42 Å². The molecule has 0 unspecified atom stereocenters. The largest absolute Gasteiger partial charge is 0.339 e. The van der Waals surface area contributed by atoms with Gasteiger partial charge in [0.2, 0.25) is 15.9 Å². The van der Waals surface area contributed by atoms with Gasteiger partial charge in [0.05, 0.1) is 33.2 Å². The number of rotatable bonds is 6. The molecule has 1 saturated heterocycles. The van der Waals surface area contributed by atoms with E-state index in [-0.39, 0.29) is 21.6 Å². The number of nitrogens with one attached hydrogen (secondary N) is 1. The van der Waals surface area contributed by atoms with Crippen molar-refractivity contribution < 1.29 is 18.0 Å². The number of hydrogen-bond donors (Lipinski definition) is 1. The number of hydrogen-bond acceptors (Lipinski definition) is 4. The average molecular weight is 470 g/mol. The Morgan fingerprint density at radius 2 is 1.73 bits per heavy atom. The SMILES string of the molecule is CS(=O)(=O)N(CC(=O)Nc1ccccc1C(=O)N1CCCC1)c1cccc(Cl)c1Cl. The van der Waals surface area contributed by atoms with Gasteiger partial charge >= 0.3 is 0 Å². The second-order valence-electron chi connectivity index (χ2n) is 6.94. The third-order valence-electron chi connectivity index (χ3n) is 4.71. The minimum atomic E-state index is -3.83. The molecule has 1 aliphatic heterocycles. The number of carbonyl (C=O) groups is 2. The van der Waals surface area contributed by atoms with E-state index >= 15 is 0 Å². The highest BCUT2D eigenvalue weighted by molar-refractivity contribution is 7.92. The van der Waals surface area contributed by atoms with Crippen LogP contribution in [-0.2, 0) is 14.8 Å². The predicted octanol–water partition coefficient (Wildman–Crippen LogP) is 3.63. The van der Waals surface area contributed by atoms with E-state index in [9.17, 15) is 18.0 Å². The van der Waals surface area contributed by atoms with Gasteiger partial charge in [-0.2, -0.15) is 0 Å². The van der Waals surface area contributed by atoms with E-state index in [2.05, 4.69) is 5.32 Å². The number of amides is 2. The first-order valence-corrected chi connectivity index (χ1v) is 11.9. The van der Waals surface area contributed by atoms with Crippen LogP contribution in [0.25, 0.3) is 0 Å². The van der Waals surface area contributed by atoms with Crippen molar-refractivity contribution in [3.8, 4) is 0 Å². The van der Waals surface area contributed by atoms with Gasteiger partial charge in [0.1, 0.15) is 6.54 Å². The molecule has 0 radical (unpaired) electrons. The fraction of sp³-hybridized carbons (Fsp3) is 0.300. The Kier molecular flexibility index (Phi) is 6.90. The van der Waals surface area contributed by atoms with Crippen molar-refractivity contribution in [2.24, 2.45) is 0 Å². The quantitative estimate of drug-likeness (QED) is 0.699. The Hall–Kier alpha value is -2.29. The number of benzene rings is 2. The van der Waals surface area contributed by atoms with E-state index < -0.39 is 22.5 Å². The van der Waals surface area contributed by atoms with Gasteiger partial charge < -0.3 is 10.2 Å². The van der Waals surface area contributed by atoms with Crippen LogP contribution in [0.4, 0.5) is 11.4 Å². The van der Waals surface area contributed by atoms with Gasteiger partial charge in [-0.15, -0.1) is 0 Å². The van der Waals surface area contributed by atoms with Gasteiger partial charge in [0.15, 0.2) is 0 Å². The number of para-hydroxylation sites is 1. The number of halogens is 2. The van der Waals surface area contributed by atoms with Gasteiger partial charge in [-0.3, -0.25) is 13.9 Å². The Labute approximate surface area is 185 Å². The molecule has 1 aliphatic rings. The smallest absolute Gasteiger partial charge is 0.255 e. The first-order valence-electron chi connectivity index (χ1n) is 9.28. The highest BCUT2D eigenvalue weighted by Gasteiger charge is 2.26. The van der Waals surface area contributed by atoms with Crippen LogP contribution in [0.2, 0.25) is 10.0 Å². The zero-order valence-electron chi connectivity index (χ0n) is 16.3. The molecule has 2 aromatic carbocycles. The van der Waals surface area contributed by atoms with E-state index in [0.717, 1.165) is 23.4 Å². The lowest BCUT2D eigenvalue weighted by Crippen LogP contribution is -2.38. The maximum absolute atomic E-state index is 12.8. The summed E-state index contributed by atoms with van der Waals surface area (Å²) in [5, 5.41) is 2.85. The Bertz CT molecular complexity index is 1070. The second-order valence-corrected chi connectivity index (χ2v) is 9.63. The van der Waals surface area contributed by atoms with Crippen LogP contribution >= 0.6 is 23.2 Å². The highest BCUT2D eigenvalue weighted by Crippen LogP contribution is 2.33. The molecule has 3 rings (SSSR count). The molecule has 0 aromatic heterocycles. The second kappa shape index (κ2) is 9.24. The molecule has 0 saturated carbocycles. The van der Waals surface area contributed by atoms with Crippen molar-refractivity contribution in [2.45, 2.75) is 12.8 Å². The molecule has 160 valence electrons. The summed E-state index contributed by atoms with van der Waals surface area (Å²) in [6.07, 6.45) is 2.87. The maximum atomic E-state index is 12.8. The molecule has 0 spiro atoms. The van der Waals surface area contributed by atoms with E-state index in [1.165, 1.54) is 12.1 Å². The maximum Gasteiger partial charge on any atom is 0.255 e. The lowest BCUT2D eigenvalue weighted by molar-refractivity contribution is -0.114. The Morgan fingerprint density at radius 3 is 2.40 bits per heavy atom. The van der Waals surface area contributed by atoms with Gasteiger partial charge in [0, 0.05) is 13.1 Å².